The number of nitrogens with one attached hydrogen (secondary N) is 1. The van der Waals surface area contributed by atoms with Gasteiger partial charge in [0.15, 0.2) is 0 Å². The average Bonchev–Trinajstić information content (AvgIpc) is 2.55. The summed E-state index contributed by atoms with van der Waals surface area (Å²) < 4.78 is 0. The maximum atomic E-state index is 11.3. The molecule has 0 aliphatic carbocycles. The minimum Gasteiger partial charge on any atom is -0.348 e. The van der Waals surface area contributed by atoms with Crippen molar-refractivity contribution in [3.8, 4) is 0 Å². The molecule has 2 atom stereocenters. The summed E-state index contributed by atoms with van der Waals surface area (Å²) in [6, 6.07) is 4.11. The van der Waals surface area contributed by atoms with E-state index in [9.17, 15) is 4.79 Å². The van der Waals surface area contributed by atoms with Crippen molar-refractivity contribution in [2.24, 2.45) is 0 Å². The molecule has 0 radical (unpaired) electrons. The zero-order chi connectivity index (χ0) is 9.84. The fraction of sp³-hybridized carbons (Fsp3) is 0.444. The Bertz CT molecular complexity index is 271. The number of amides is 1. The van der Waals surface area contributed by atoms with Gasteiger partial charge in [-0.3, -0.25) is 4.79 Å². The van der Waals surface area contributed by atoms with Crippen molar-refractivity contribution in [3.63, 3.8) is 0 Å². The third kappa shape index (κ3) is 3.12. The third-order valence-corrected chi connectivity index (χ3v) is 3.16. The molecule has 13 heavy (non-hydrogen) atoms. The highest BCUT2D eigenvalue weighted by molar-refractivity contribution is 9.10. The Balaban J connectivity index is 2.51. The number of carbonyl (C=O) groups excluding carboxylic acids is 1. The van der Waals surface area contributed by atoms with Gasteiger partial charge in [-0.2, -0.15) is 0 Å². The van der Waals surface area contributed by atoms with Gasteiger partial charge >= 0.3 is 0 Å². The number of alkyl halides is 1. The highest BCUT2D eigenvalue weighted by Gasteiger charge is 2.13. The van der Waals surface area contributed by atoms with Crippen LogP contribution in [0.3, 0.4) is 0 Å². The normalized spacial score (nSPS) is 15.0. The lowest BCUT2D eigenvalue weighted by molar-refractivity contribution is -0.120. The van der Waals surface area contributed by atoms with E-state index in [-0.39, 0.29) is 16.8 Å². The smallest absolute Gasteiger partial charge is 0.233 e. The van der Waals surface area contributed by atoms with E-state index in [2.05, 4.69) is 21.2 Å². The van der Waals surface area contributed by atoms with Gasteiger partial charge < -0.3 is 5.32 Å². The third-order valence-electron chi connectivity index (χ3n) is 1.69. The second kappa shape index (κ2) is 4.77. The summed E-state index contributed by atoms with van der Waals surface area (Å²) in [6.45, 7) is 3.80. The van der Waals surface area contributed by atoms with Gasteiger partial charge in [0, 0.05) is 4.88 Å². The molecule has 1 heterocycles. The van der Waals surface area contributed by atoms with Crippen molar-refractivity contribution in [1.29, 1.82) is 0 Å². The number of thiophene rings is 1. The predicted molar refractivity (Wildman–Crippen MR) is 59.3 cm³/mol. The number of hydrogen-bond donors (Lipinski definition) is 1. The fourth-order valence-corrected chi connectivity index (χ4v) is 1.80. The van der Waals surface area contributed by atoms with E-state index >= 15 is 0 Å². The lowest BCUT2D eigenvalue weighted by Gasteiger charge is -2.12. The molecular weight excluding hydrogens is 250 g/mol. The summed E-state index contributed by atoms with van der Waals surface area (Å²) in [6.07, 6.45) is 0. The van der Waals surface area contributed by atoms with Crippen molar-refractivity contribution in [2.75, 3.05) is 0 Å². The maximum absolute atomic E-state index is 11.3. The first-order valence-corrected chi connectivity index (χ1v) is 5.88. The Morgan fingerprint density at radius 1 is 1.62 bits per heavy atom. The van der Waals surface area contributed by atoms with Gasteiger partial charge in [0.05, 0.1) is 10.9 Å². The molecule has 1 N–H and O–H groups in total. The SMILES string of the molecule is CC(Br)C(=O)NC(C)c1cccs1. The summed E-state index contributed by atoms with van der Waals surface area (Å²) in [5, 5.41) is 4.92. The molecule has 72 valence electrons. The van der Waals surface area contributed by atoms with Gasteiger partial charge in [0.25, 0.3) is 0 Å². The predicted octanol–water partition coefficient (Wildman–Crippen LogP) is 2.71. The largest absolute Gasteiger partial charge is 0.348 e. The van der Waals surface area contributed by atoms with E-state index in [1.807, 2.05) is 31.4 Å². The quantitative estimate of drug-likeness (QED) is 0.834. The molecule has 0 spiro atoms. The molecule has 0 fully saturated rings. The summed E-state index contributed by atoms with van der Waals surface area (Å²) in [7, 11) is 0. The van der Waals surface area contributed by atoms with E-state index in [4.69, 9.17) is 0 Å². The van der Waals surface area contributed by atoms with Gasteiger partial charge in [-0.25, -0.2) is 0 Å². The van der Waals surface area contributed by atoms with Gasteiger partial charge in [0.2, 0.25) is 5.91 Å². The van der Waals surface area contributed by atoms with E-state index in [1.165, 1.54) is 4.88 Å². The summed E-state index contributed by atoms with van der Waals surface area (Å²) >= 11 is 4.88. The van der Waals surface area contributed by atoms with Crippen molar-refractivity contribution in [1.82, 2.24) is 5.32 Å². The van der Waals surface area contributed by atoms with Crippen LogP contribution >= 0.6 is 27.3 Å². The van der Waals surface area contributed by atoms with Crippen molar-refractivity contribution < 1.29 is 4.79 Å². The van der Waals surface area contributed by atoms with Crippen molar-refractivity contribution in [2.45, 2.75) is 24.7 Å². The van der Waals surface area contributed by atoms with Gasteiger partial charge in [-0.15, -0.1) is 11.3 Å². The second-order valence-corrected chi connectivity index (χ2v) is 5.21. The van der Waals surface area contributed by atoms with E-state index in [0.29, 0.717) is 0 Å². The molecular formula is C9H12BrNOS. The first kappa shape index (κ1) is 10.7. The van der Waals surface area contributed by atoms with Crippen LogP contribution in [0.5, 0.6) is 0 Å². The molecule has 1 rings (SSSR count). The molecule has 0 aliphatic heterocycles. The van der Waals surface area contributed by atoms with Crippen molar-refractivity contribution in [3.05, 3.63) is 22.4 Å². The molecule has 0 saturated carbocycles. The lowest BCUT2D eigenvalue weighted by atomic mass is 10.2. The zero-order valence-electron chi connectivity index (χ0n) is 7.58. The molecule has 2 nitrogen and oxygen atoms in total. The van der Waals surface area contributed by atoms with Gasteiger partial charge in [-0.1, -0.05) is 22.0 Å². The Morgan fingerprint density at radius 2 is 2.31 bits per heavy atom. The number of rotatable bonds is 3. The minimum atomic E-state index is -0.130. The van der Waals surface area contributed by atoms with Crippen LogP contribution in [0.4, 0.5) is 0 Å². The maximum Gasteiger partial charge on any atom is 0.233 e. The summed E-state index contributed by atoms with van der Waals surface area (Å²) in [4.78, 5) is 12.3. The summed E-state index contributed by atoms with van der Waals surface area (Å²) in [5.41, 5.74) is 0. The van der Waals surface area contributed by atoms with E-state index in [0.717, 1.165) is 0 Å². The molecule has 1 amide bonds. The monoisotopic (exact) mass is 261 g/mol. The first-order chi connectivity index (χ1) is 6.11. The van der Waals surface area contributed by atoms with Crippen LogP contribution in [-0.4, -0.2) is 10.7 Å². The van der Waals surface area contributed by atoms with Crippen LogP contribution in [0.25, 0.3) is 0 Å². The van der Waals surface area contributed by atoms with Crippen LogP contribution in [0, 0.1) is 0 Å². The van der Waals surface area contributed by atoms with Crippen LogP contribution in [0.1, 0.15) is 24.8 Å². The van der Waals surface area contributed by atoms with Gasteiger partial charge in [0.1, 0.15) is 0 Å². The lowest BCUT2D eigenvalue weighted by Crippen LogP contribution is -2.31. The minimum absolute atomic E-state index is 0.0286. The average molecular weight is 262 g/mol. The Kier molecular flexibility index (Phi) is 3.93. The number of carbonyl (C=O) groups is 1. The van der Waals surface area contributed by atoms with E-state index < -0.39 is 0 Å². The second-order valence-electron chi connectivity index (χ2n) is 2.86. The van der Waals surface area contributed by atoms with Crippen molar-refractivity contribution >= 4 is 33.2 Å². The summed E-state index contributed by atoms with van der Waals surface area (Å²) in [5.74, 6) is 0.0286. The van der Waals surface area contributed by atoms with Crippen LogP contribution in [-0.2, 0) is 4.79 Å². The molecule has 1 aromatic rings. The Morgan fingerprint density at radius 3 is 2.77 bits per heavy atom. The zero-order valence-corrected chi connectivity index (χ0v) is 9.98. The standard InChI is InChI=1S/C9H12BrNOS/c1-6(10)9(12)11-7(2)8-4-3-5-13-8/h3-7H,1-2H3,(H,11,12). The fourth-order valence-electron chi connectivity index (χ4n) is 0.937. The molecule has 2 unspecified atom stereocenters. The number of hydrogen-bond acceptors (Lipinski definition) is 2. The molecule has 0 aromatic carbocycles. The Labute approximate surface area is 90.5 Å². The Hall–Kier alpha value is -0.350. The molecule has 1 aromatic heterocycles. The molecule has 0 bridgehead atoms. The molecule has 0 saturated heterocycles. The van der Waals surface area contributed by atoms with Crippen LogP contribution in [0.2, 0.25) is 0 Å². The van der Waals surface area contributed by atoms with Crippen LogP contribution < -0.4 is 5.32 Å². The first-order valence-electron chi connectivity index (χ1n) is 4.09. The topological polar surface area (TPSA) is 29.1 Å². The number of halogens is 1. The van der Waals surface area contributed by atoms with Crippen LogP contribution in [0.15, 0.2) is 17.5 Å². The highest BCUT2D eigenvalue weighted by atomic mass is 79.9. The molecule has 0 aliphatic rings. The highest BCUT2D eigenvalue weighted by Crippen LogP contribution is 2.18. The van der Waals surface area contributed by atoms with E-state index in [1.54, 1.807) is 11.3 Å². The molecule has 4 heteroatoms. The van der Waals surface area contributed by atoms with Gasteiger partial charge in [-0.05, 0) is 25.3 Å².